The van der Waals surface area contributed by atoms with Crippen molar-refractivity contribution in [1.82, 2.24) is 0 Å². The van der Waals surface area contributed by atoms with Crippen LogP contribution in [0, 0.1) is 6.92 Å². The third-order valence-electron chi connectivity index (χ3n) is 2.08. The summed E-state index contributed by atoms with van der Waals surface area (Å²) in [7, 11) is 0. The number of rotatable bonds is 4. The first-order valence-corrected chi connectivity index (χ1v) is 4.51. The van der Waals surface area contributed by atoms with E-state index in [0.29, 0.717) is 5.56 Å². The van der Waals surface area contributed by atoms with Crippen molar-refractivity contribution in [2.75, 3.05) is 0 Å². The Kier molecular flexibility index (Phi) is 4.12. The van der Waals surface area contributed by atoms with E-state index in [-0.39, 0.29) is 11.3 Å². The smallest absolute Gasteiger partial charge is 0.387 e. The standard InChI is InChI=1S/C10H11F4NO/c1-5-2-3-6(8(15)9(11)12)4-7(5)16-10(13)14/h2-4,8-10H,15H2,1H3. The predicted octanol–water partition coefficient (Wildman–Crippen LogP) is 2.86. The van der Waals surface area contributed by atoms with Crippen molar-refractivity contribution in [2.24, 2.45) is 5.73 Å². The number of aryl methyl sites for hydroxylation is 1. The quantitative estimate of drug-likeness (QED) is 0.817. The van der Waals surface area contributed by atoms with Crippen LogP contribution >= 0.6 is 0 Å². The number of nitrogens with two attached hydrogens (primary N) is 1. The summed E-state index contributed by atoms with van der Waals surface area (Å²) in [5, 5.41) is 0. The van der Waals surface area contributed by atoms with Gasteiger partial charge in [-0.3, -0.25) is 0 Å². The maximum atomic E-state index is 12.3. The largest absolute Gasteiger partial charge is 0.435 e. The molecule has 1 aromatic carbocycles. The van der Waals surface area contributed by atoms with Gasteiger partial charge in [-0.05, 0) is 24.1 Å². The van der Waals surface area contributed by atoms with Crippen LogP contribution < -0.4 is 10.5 Å². The second-order valence-corrected chi connectivity index (χ2v) is 3.26. The number of hydrogen-bond donors (Lipinski definition) is 1. The van der Waals surface area contributed by atoms with Crippen molar-refractivity contribution in [3.8, 4) is 5.75 Å². The van der Waals surface area contributed by atoms with Crippen LogP contribution in [0.3, 0.4) is 0 Å². The lowest BCUT2D eigenvalue weighted by molar-refractivity contribution is -0.0503. The van der Waals surface area contributed by atoms with Gasteiger partial charge in [0, 0.05) is 0 Å². The molecule has 1 aromatic rings. The van der Waals surface area contributed by atoms with Crippen LogP contribution in [0.5, 0.6) is 5.75 Å². The molecule has 1 atom stereocenters. The van der Waals surface area contributed by atoms with E-state index < -0.39 is 19.1 Å². The van der Waals surface area contributed by atoms with Gasteiger partial charge in [-0.2, -0.15) is 8.78 Å². The SMILES string of the molecule is Cc1ccc(C(N)C(F)F)cc1OC(F)F. The highest BCUT2D eigenvalue weighted by Crippen LogP contribution is 2.26. The summed E-state index contributed by atoms with van der Waals surface area (Å²) in [6, 6.07) is 2.39. The molecule has 2 N–H and O–H groups in total. The molecule has 0 spiro atoms. The van der Waals surface area contributed by atoms with Gasteiger partial charge in [0.1, 0.15) is 5.75 Å². The monoisotopic (exact) mass is 237 g/mol. The Morgan fingerprint density at radius 1 is 1.19 bits per heavy atom. The summed E-state index contributed by atoms with van der Waals surface area (Å²) in [6.07, 6.45) is -2.75. The van der Waals surface area contributed by atoms with E-state index in [0.717, 1.165) is 6.07 Å². The molecule has 0 fully saturated rings. The van der Waals surface area contributed by atoms with Crippen LogP contribution in [-0.4, -0.2) is 13.0 Å². The molecule has 0 aromatic heterocycles. The van der Waals surface area contributed by atoms with Crippen molar-refractivity contribution in [3.63, 3.8) is 0 Å². The average Bonchev–Trinajstić information content (AvgIpc) is 2.19. The fourth-order valence-corrected chi connectivity index (χ4v) is 1.19. The zero-order chi connectivity index (χ0) is 12.3. The second-order valence-electron chi connectivity index (χ2n) is 3.26. The molecule has 0 amide bonds. The number of benzene rings is 1. The van der Waals surface area contributed by atoms with Gasteiger partial charge in [-0.15, -0.1) is 0 Å². The molecular weight excluding hydrogens is 226 g/mol. The minimum absolute atomic E-state index is 0.0660. The van der Waals surface area contributed by atoms with Crippen molar-refractivity contribution in [3.05, 3.63) is 29.3 Å². The maximum Gasteiger partial charge on any atom is 0.387 e. The predicted molar refractivity (Wildman–Crippen MR) is 50.7 cm³/mol. The molecule has 0 aliphatic heterocycles. The summed E-state index contributed by atoms with van der Waals surface area (Å²) < 4.78 is 52.8. The molecule has 0 bridgehead atoms. The van der Waals surface area contributed by atoms with E-state index in [2.05, 4.69) is 4.74 Å². The fourth-order valence-electron chi connectivity index (χ4n) is 1.19. The Morgan fingerprint density at radius 3 is 2.31 bits per heavy atom. The molecule has 0 heterocycles. The van der Waals surface area contributed by atoms with E-state index in [1.807, 2.05) is 0 Å². The zero-order valence-electron chi connectivity index (χ0n) is 8.46. The molecule has 0 saturated carbocycles. The van der Waals surface area contributed by atoms with Gasteiger partial charge in [0.2, 0.25) is 0 Å². The van der Waals surface area contributed by atoms with Crippen molar-refractivity contribution < 1.29 is 22.3 Å². The lowest BCUT2D eigenvalue weighted by Crippen LogP contribution is -2.19. The summed E-state index contributed by atoms with van der Waals surface area (Å²) >= 11 is 0. The van der Waals surface area contributed by atoms with Crippen LogP contribution in [0.15, 0.2) is 18.2 Å². The molecule has 0 saturated heterocycles. The van der Waals surface area contributed by atoms with Crippen molar-refractivity contribution >= 4 is 0 Å². The number of halogens is 4. The first-order valence-electron chi connectivity index (χ1n) is 4.51. The van der Waals surface area contributed by atoms with Gasteiger partial charge in [-0.25, -0.2) is 8.78 Å². The van der Waals surface area contributed by atoms with Crippen LogP contribution in [0.2, 0.25) is 0 Å². The fraction of sp³-hybridized carbons (Fsp3) is 0.400. The summed E-state index contributed by atoms with van der Waals surface area (Å²) in [5.74, 6) is -0.136. The minimum atomic E-state index is -2.99. The Morgan fingerprint density at radius 2 is 1.81 bits per heavy atom. The second kappa shape index (κ2) is 5.16. The van der Waals surface area contributed by atoms with E-state index in [9.17, 15) is 17.6 Å². The van der Waals surface area contributed by atoms with Crippen LogP contribution in [0.25, 0.3) is 0 Å². The first-order chi connectivity index (χ1) is 7.41. The molecule has 0 aliphatic carbocycles. The molecule has 16 heavy (non-hydrogen) atoms. The molecule has 90 valence electrons. The van der Waals surface area contributed by atoms with Crippen LogP contribution in [0.4, 0.5) is 17.6 Å². The minimum Gasteiger partial charge on any atom is -0.435 e. The first kappa shape index (κ1) is 12.8. The van der Waals surface area contributed by atoms with Gasteiger partial charge >= 0.3 is 6.61 Å². The van der Waals surface area contributed by atoms with E-state index in [4.69, 9.17) is 5.73 Å². The van der Waals surface area contributed by atoms with Gasteiger partial charge in [0.05, 0.1) is 6.04 Å². The van der Waals surface area contributed by atoms with Crippen molar-refractivity contribution in [1.29, 1.82) is 0 Å². The molecule has 6 heteroatoms. The highest BCUT2D eigenvalue weighted by molar-refractivity contribution is 5.38. The van der Waals surface area contributed by atoms with Gasteiger partial charge in [0.25, 0.3) is 6.43 Å². The molecule has 0 radical (unpaired) electrons. The Hall–Kier alpha value is -1.30. The summed E-state index contributed by atoms with van der Waals surface area (Å²) in [4.78, 5) is 0. The summed E-state index contributed by atoms with van der Waals surface area (Å²) in [6.45, 7) is -1.45. The van der Waals surface area contributed by atoms with E-state index in [1.54, 1.807) is 0 Å². The van der Waals surface area contributed by atoms with Crippen LogP contribution in [0.1, 0.15) is 17.2 Å². The third kappa shape index (κ3) is 3.10. The van der Waals surface area contributed by atoms with Gasteiger partial charge < -0.3 is 10.5 Å². The Balaban J connectivity index is 2.97. The Labute approximate surface area is 90.0 Å². The third-order valence-corrected chi connectivity index (χ3v) is 2.08. The molecule has 2 nitrogen and oxygen atoms in total. The van der Waals surface area contributed by atoms with Gasteiger partial charge in [0.15, 0.2) is 0 Å². The highest BCUT2D eigenvalue weighted by Gasteiger charge is 2.19. The lowest BCUT2D eigenvalue weighted by Gasteiger charge is -2.14. The molecule has 1 unspecified atom stereocenters. The highest BCUT2D eigenvalue weighted by atomic mass is 19.3. The zero-order valence-corrected chi connectivity index (χ0v) is 8.46. The number of ether oxygens (including phenoxy) is 1. The summed E-state index contributed by atoms with van der Waals surface area (Å²) in [5.41, 5.74) is 5.70. The van der Waals surface area contributed by atoms with Gasteiger partial charge in [-0.1, -0.05) is 12.1 Å². The lowest BCUT2D eigenvalue weighted by atomic mass is 10.1. The number of alkyl halides is 4. The molecule has 0 aliphatic rings. The van der Waals surface area contributed by atoms with E-state index >= 15 is 0 Å². The molecular formula is C10H11F4NO. The number of hydrogen-bond acceptors (Lipinski definition) is 2. The van der Waals surface area contributed by atoms with Crippen molar-refractivity contribution in [2.45, 2.75) is 26.0 Å². The average molecular weight is 237 g/mol. The maximum absolute atomic E-state index is 12.3. The van der Waals surface area contributed by atoms with E-state index in [1.165, 1.54) is 19.1 Å². The topological polar surface area (TPSA) is 35.2 Å². The Bertz CT molecular complexity index is 357. The molecule has 1 rings (SSSR count). The van der Waals surface area contributed by atoms with Crippen LogP contribution in [-0.2, 0) is 0 Å². The normalized spacial score (nSPS) is 13.2.